The van der Waals surface area contributed by atoms with Gasteiger partial charge in [-0.15, -0.1) is 0 Å². The van der Waals surface area contributed by atoms with Crippen molar-refractivity contribution >= 4 is 17.5 Å². The van der Waals surface area contributed by atoms with Crippen LogP contribution in [0.3, 0.4) is 0 Å². The number of hydrogen-bond acceptors (Lipinski definition) is 3. The minimum atomic E-state index is -0.410. The van der Waals surface area contributed by atoms with E-state index in [1.807, 2.05) is 29.2 Å². The number of para-hydroxylation sites is 1. The minimum absolute atomic E-state index is 0.0402. The Hall–Kier alpha value is -2.89. The average molecular weight is 424 g/mol. The number of anilines is 1. The van der Waals surface area contributed by atoms with Crippen molar-refractivity contribution in [1.29, 1.82) is 0 Å². The van der Waals surface area contributed by atoms with Gasteiger partial charge < -0.3 is 15.1 Å². The van der Waals surface area contributed by atoms with Crippen molar-refractivity contribution in [2.45, 2.75) is 38.6 Å². The molecule has 0 radical (unpaired) electrons. The standard InChI is InChI=1S/C25H30FN3O2/c1-18-9-13-29(14-10-18)25(31)22-7-2-3-8-23(22)28-15-11-21(12-16-28)27-24(30)19-5-4-6-20(26)17-19/h2-8,17-18,21H,9-16H2,1H3,(H,27,30). The molecule has 1 N–H and O–H groups in total. The highest BCUT2D eigenvalue weighted by atomic mass is 19.1. The van der Waals surface area contributed by atoms with Crippen LogP contribution in [0, 0.1) is 11.7 Å². The molecule has 0 saturated carbocycles. The van der Waals surface area contributed by atoms with Crippen LogP contribution in [-0.2, 0) is 0 Å². The fraction of sp³-hybridized carbons (Fsp3) is 0.440. The predicted molar refractivity (Wildman–Crippen MR) is 120 cm³/mol. The highest BCUT2D eigenvalue weighted by molar-refractivity contribution is 6.00. The Morgan fingerprint density at radius 2 is 1.65 bits per heavy atom. The number of amides is 2. The Morgan fingerprint density at radius 1 is 0.935 bits per heavy atom. The van der Waals surface area contributed by atoms with E-state index in [2.05, 4.69) is 17.1 Å². The zero-order valence-corrected chi connectivity index (χ0v) is 18.0. The summed E-state index contributed by atoms with van der Waals surface area (Å²) in [6, 6.07) is 13.6. The molecule has 2 aromatic carbocycles. The third-order valence-corrected chi connectivity index (χ3v) is 6.46. The second-order valence-corrected chi connectivity index (χ2v) is 8.74. The Kier molecular flexibility index (Phi) is 6.54. The van der Waals surface area contributed by atoms with Crippen LogP contribution >= 0.6 is 0 Å². The molecule has 4 rings (SSSR count). The van der Waals surface area contributed by atoms with Gasteiger partial charge in [-0.1, -0.05) is 25.1 Å². The molecule has 2 aromatic rings. The molecule has 2 fully saturated rings. The van der Waals surface area contributed by atoms with E-state index in [1.165, 1.54) is 12.1 Å². The van der Waals surface area contributed by atoms with Gasteiger partial charge in [0.15, 0.2) is 0 Å². The number of rotatable bonds is 4. The van der Waals surface area contributed by atoms with E-state index >= 15 is 0 Å². The summed E-state index contributed by atoms with van der Waals surface area (Å²) in [7, 11) is 0. The van der Waals surface area contributed by atoms with Gasteiger partial charge in [0.1, 0.15) is 5.82 Å². The number of likely N-dealkylation sites (tertiary alicyclic amines) is 1. The molecule has 2 aliphatic heterocycles. The lowest BCUT2D eigenvalue weighted by Crippen LogP contribution is -2.45. The predicted octanol–water partition coefficient (Wildman–Crippen LogP) is 4.10. The number of carbonyl (C=O) groups excluding carboxylic acids is 2. The maximum atomic E-state index is 13.4. The fourth-order valence-corrected chi connectivity index (χ4v) is 4.48. The van der Waals surface area contributed by atoms with Gasteiger partial charge in [-0.3, -0.25) is 9.59 Å². The Morgan fingerprint density at radius 3 is 2.35 bits per heavy atom. The van der Waals surface area contributed by atoms with Crippen LogP contribution < -0.4 is 10.2 Å². The summed E-state index contributed by atoms with van der Waals surface area (Å²) in [6.45, 7) is 5.41. The molecule has 31 heavy (non-hydrogen) atoms. The molecule has 2 aliphatic rings. The molecule has 2 amide bonds. The molecule has 164 valence electrons. The first kappa shape index (κ1) is 21.3. The van der Waals surface area contributed by atoms with Crippen molar-refractivity contribution in [3.8, 4) is 0 Å². The van der Waals surface area contributed by atoms with Gasteiger partial charge in [0.2, 0.25) is 0 Å². The number of halogens is 1. The topological polar surface area (TPSA) is 52.7 Å². The van der Waals surface area contributed by atoms with Crippen LogP contribution in [0.5, 0.6) is 0 Å². The van der Waals surface area contributed by atoms with E-state index in [0.29, 0.717) is 11.5 Å². The largest absolute Gasteiger partial charge is 0.371 e. The minimum Gasteiger partial charge on any atom is -0.371 e. The smallest absolute Gasteiger partial charge is 0.255 e. The molecule has 6 heteroatoms. The van der Waals surface area contributed by atoms with Crippen LogP contribution in [0.2, 0.25) is 0 Å². The first-order chi connectivity index (χ1) is 15.0. The third-order valence-electron chi connectivity index (χ3n) is 6.46. The molecule has 0 unspecified atom stereocenters. The quantitative estimate of drug-likeness (QED) is 0.806. The second kappa shape index (κ2) is 9.50. The van der Waals surface area contributed by atoms with Crippen LogP contribution in [0.15, 0.2) is 48.5 Å². The van der Waals surface area contributed by atoms with Gasteiger partial charge in [-0.2, -0.15) is 0 Å². The van der Waals surface area contributed by atoms with Gasteiger partial charge in [0.05, 0.1) is 5.56 Å². The van der Waals surface area contributed by atoms with Crippen molar-refractivity contribution in [1.82, 2.24) is 10.2 Å². The molecule has 2 heterocycles. The highest BCUT2D eigenvalue weighted by Crippen LogP contribution is 2.27. The molecule has 5 nitrogen and oxygen atoms in total. The van der Waals surface area contributed by atoms with Crippen LogP contribution in [0.4, 0.5) is 10.1 Å². The molecule has 0 spiro atoms. The zero-order valence-electron chi connectivity index (χ0n) is 18.0. The molecule has 0 atom stereocenters. The first-order valence-corrected chi connectivity index (χ1v) is 11.2. The second-order valence-electron chi connectivity index (χ2n) is 8.74. The summed E-state index contributed by atoms with van der Waals surface area (Å²) in [6.07, 6.45) is 3.68. The van der Waals surface area contributed by atoms with E-state index in [9.17, 15) is 14.0 Å². The average Bonchev–Trinajstić information content (AvgIpc) is 2.80. The molecule has 2 saturated heterocycles. The maximum absolute atomic E-state index is 13.4. The fourth-order valence-electron chi connectivity index (χ4n) is 4.48. The molecule has 0 bridgehead atoms. The Labute approximate surface area is 183 Å². The number of benzene rings is 2. The molecular formula is C25H30FN3O2. The summed E-state index contributed by atoms with van der Waals surface area (Å²) in [4.78, 5) is 29.8. The maximum Gasteiger partial charge on any atom is 0.255 e. The lowest BCUT2D eigenvalue weighted by molar-refractivity contribution is 0.0697. The molecule has 0 aliphatic carbocycles. The van der Waals surface area contributed by atoms with Gasteiger partial charge in [-0.25, -0.2) is 4.39 Å². The van der Waals surface area contributed by atoms with E-state index in [1.54, 1.807) is 12.1 Å². The van der Waals surface area contributed by atoms with Crippen LogP contribution in [0.1, 0.15) is 53.3 Å². The third kappa shape index (κ3) is 5.06. The van der Waals surface area contributed by atoms with Crippen molar-refractivity contribution in [2.24, 2.45) is 5.92 Å². The number of nitrogens with one attached hydrogen (secondary N) is 1. The summed E-state index contributed by atoms with van der Waals surface area (Å²) in [5, 5.41) is 3.02. The van der Waals surface area contributed by atoms with E-state index in [-0.39, 0.29) is 17.9 Å². The Balaban J connectivity index is 1.38. The first-order valence-electron chi connectivity index (χ1n) is 11.2. The molecule has 0 aromatic heterocycles. The summed E-state index contributed by atoms with van der Waals surface area (Å²) in [5.74, 6) is 0.143. The number of hydrogen-bond donors (Lipinski definition) is 1. The van der Waals surface area contributed by atoms with Crippen molar-refractivity contribution in [3.63, 3.8) is 0 Å². The lowest BCUT2D eigenvalue weighted by atomic mass is 9.98. The highest BCUT2D eigenvalue weighted by Gasteiger charge is 2.27. The van der Waals surface area contributed by atoms with Gasteiger partial charge in [0.25, 0.3) is 11.8 Å². The normalized spacial score (nSPS) is 18.1. The van der Waals surface area contributed by atoms with Gasteiger partial charge >= 0.3 is 0 Å². The monoisotopic (exact) mass is 423 g/mol. The summed E-state index contributed by atoms with van der Waals surface area (Å²) >= 11 is 0. The van der Waals surface area contributed by atoms with Crippen molar-refractivity contribution < 1.29 is 14.0 Å². The number of nitrogens with zero attached hydrogens (tertiary/aromatic N) is 2. The number of carbonyl (C=O) groups is 2. The van der Waals surface area contributed by atoms with Crippen LogP contribution in [-0.4, -0.2) is 48.9 Å². The number of piperidine rings is 2. The molecular weight excluding hydrogens is 393 g/mol. The summed E-state index contributed by atoms with van der Waals surface area (Å²) < 4.78 is 13.4. The SMILES string of the molecule is CC1CCN(C(=O)c2ccccc2N2CCC(NC(=O)c3cccc(F)c3)CC2)CC1. The van der Waals surface area contributed by atoms with Crippen LogP contribution in [0.25, 0.3) is 0 Å². The Bertz CT molecular complexity index is 932. The van der Waals surface area contributed by atoms with Crippen molar-refractivity contribution in [2.75, 3.05) is 31.1 Å². The van der Waals surface area contributed by atoms with Crippen molar-refractivity contribution in [3.05, 3.63) is 65.5 Å². The van der Waals surface area contributed by atoms with Gasteiger partial charge in [-0.05, 0) is 61.9 Å². The summed E-state index contributed by atoms with van der Waals surface area (Å²) in [5.41, 5.74) is 2.08. The van der Waals surface area contributed by atoms with E-state index < -0.39 is 5.82 Å². The zero-order chi connectivity index (χ0) is 21.8. The van der Waals surface area contributed by atoms with Gasteiger partial charge in [0, 0.05) is 43.5 Å². The lowest BCUT2D eigenvalue weighted by Gasteiger charge is -2.36. The van der Waals surface area contributed by atoms with E-state index in [4.69, 9.17) is 0 Å². The van der Waals surface area contributed by atoms with E-state index in [0.717, 1.165) is 63.1 Å².